The van der Waals surface area contributed by atoms with Gasteiger partial charge in [-0.3, -0.25) is 20.0 Å². The number of aromatic nitrogens is 2. The molecule has 0 spiro atoms. The van der Waals surface area contributed by atoms with E-state index < -0.39 is 0 Å². The SMILES string of the molecule is CO.CO.COc1ccc(N=Cc2ccncc2)cc1.COc1ccc(N=Cc2ccncc2)cc1.[Mn+2].[N-]=C=S.[N-]=C=S. The van der Waals surface area contributed by atoms with E-state index in [-0.39, 0.29) is 17.1 Å². The van der Waals surface area contributed by atoms with Crippen LogP contribution in [-0.4, -0.2) is 71.4 Å². The molecule has 225 valence electrons. The molecular weight excluding hydrogens is 627 g/mol. The van der Waals surface area contributed by atoms with Crippen molar-refractivity contribution in [3.05, 3.63) is 120 Å². The average Bonchev–Trinajstić information content (AvgIpc) is 3.07. The second kappa shape index (κ2) is 32.2. The van der Waals surface area contributed by atoms with Crippen LogP contribution in [0.3, 0.4) is 0 Å². The summed E-state index contributed by atoms with van der Waals surface area (Å²) in [7, 11) is 5.30. The number of nitrogens with zero attached hydrogens (tertiary/aromatic N) is 6. The Morgan fingerprint density at radius 1 is 0.605 bits per heavy atom. The number of rotatable bonds is 6. The fourth-order valence-electron chi connectivity index (χ4n) is 2.53. The molecule has 2 aromatic heterocycles. The van der Waals surface area contributed by atoms with Crippen LogP contribution in [0.4, 0.5) is 11.4 Å². The molecule has 0 saturated heterocycles. The summed E-state index contributed by atoms with van der Waals surface area (Å²) in [5.41, 5.74) is 3.87. The molecule has 0 fully saturated rings. The second-order valence-electron chi connectivity index (χ2n) is 6.66. The average molecular weight is 660 g/mol. The fourth-order valence-corrected chi connectivity index (χ4v) is 2.53. The molecule has 0 aliphatic carbocycles. The quantitative estimate of drug-likeness (QED) is 0.141. The van der Waals surface area contributed by atoms with Crippen molar-refractivity contribution >= 4 is 58.6 Å². The van der Waals surface area contributed by atoms with Crippen LogP contribution in [0.15, 0.2) is 108 Å². The molecule has 2 heterocycles. The minimum absolute atomic E-state index is 0. The molecule has 0 aliphatic rings. The van der Waals surface area contributed by atoms with Crippen LogP contribution in [0, 0.1) is 0 Å². The maximum atomic E-state index is 7.13. The van der Waals surface area contributed by atoms with Gasteiger partial charge in [0.2, 0.25) is 0 Å². The van der Waals surface area contributed by atoms with E-state index in [0.717, 1.165) is 48.2 Å². The van der Waals surface area contributed by atoms with Crippen molar-refractivity contribution in [1.82, 2.24) is 9.97 Å². The zero-order valence-electron chi connectivity index (χ0n) is 24.0. The Hall–Kier alpha value is -4.28. The molecule has 0 aliphatic heterocycles. The van der Waals surface area contributed by atoms with Crippen LogP contribution in [0.1, 0.15) is 11.1 Å². The molecule has 0 bridgehead atoms. The van der Waals surface area contributed by atoms with Crippen molar-refractivity contribution in [1.29, 1.82) is 0 Å². The molecule has 4 rings (SSSR count). The number of pyridine rings is 2. The van der Waals surface area contributed by atoms with Gasteiger partial charge in [0.15, 0.2) is 0 Å². The second-order valence-corrected chi connectivity index (χ2v) is 7.02. The van der Waals surface area contributed by atoms with E-state index in [1.807, 2.05) is 85.2 Å². The Morgan fingerprint density at radius 3 is 1.09 bits per heavy atom. The van der Waals surface area contributed by atoms with Gasteiger partial charge >= 0.3 is 17.1 Å². The molecule has 1 radical (unpaired) electrons. The first-order chi connectivity index (χ1) is 20.6. The molecule has 0 amide bonds. The first-order valence-electron chi connectivity index (χ1n) is 11.7. The van der Waals surface area contributed by atoms with E-state index >= 15 is 0 Å². The third-order valence-corrected chi connectivity index (χ3v) is 4.28. The Labute approximate surface area is 273 Å². The first-order valence-corrected chi connectivity index (χ1v) is 12.5. The zero-order chi connectivity index (χ0) is 31.8. The maximum absolute atomic E-state index is 7.13. The molecule has 13 heteroatoms. The van der Waals surface area contributed by atoms with E-state index in [0.29, 0.717) is 0 Å². The van der Waals surface area contributed by atoms with Crippen LogP contribution >= 0.6 is 24.4 Å². The van der Waals surface area contributed by atoms with Crippen LogP contribution in [0.2, 0.25) is 0 Å². The van der Waals surface area contributed by atoms with Gasteiger partial charge in [0.1, 0.15) is 11.5 Å². The van der Waals surface area contributed by atoms with Gasteiger partial charge in [-0.1, -0.05) is 24.4 Å². The predicted octanol–water partition coefficient (Wildman–Crippen LogP) is 6.21. The summed E-state index contributed by atoms with van der Waals surface area (Å²) in [6, 6.07) is 22.8. The van der Waals surface area contributed by atoms with Gasteiger partial charge in [0.25, 0.3) is 0 Å². The summed E-state index contributed by atoms with van der Waals surface area (Å²) in [6.07, 6.45) is 10.6. The number of thiocarbonyl (C=S) groups is 2. The Balaban J connectivity index is -0.000000563. The standard InChI is InChI=1S/2C13H12N2O.2CNS.2CH4O.Mn/c2*1-16-13-4-2-12(3-5-13)15-10-11-6-8-14-9-7-11;2*2-1-3;2*1-2;/h2*2-10H,1H3;;;2*2H,1H3;/q;;2*-1;;;+2. The van der Waals surface area contributed by atoms with E-state index in [9.17, 15) is 0 Å². The fraction of sp³-hybridized carbons (Fsp3) is 0.133. The van der Waals surface area contributed by atoms with Crippen molar-refractivity contribution in [2.75, 3.05) is 28.4 Å². The number of hydrogen-bond donors (Lipinski definition) is 2. The summed E-state index contributed by atoms with van der Waals surface area (Å²) in [6.45, 7) is 0. The first kappa shape index (κ1) is 43.2. The van der Waals surface area contributed by atoms with Gasteiger partial charge < -0.3 is 30.5 Å². The number of ether oxygens (including phenoxy) is 2. The molecule has 0 saturated carbocycles. The van der Waals surface area contributed by atoms with Crippen molar-refractivity contribution in [3.8, 4) is 11.5 Å². The predicted molar refractivity (Wildman–Crippen MR) is 177 cm³/mol. The molecule has 2 N–H and O–H groups in total. The number of aliphatic hydroxyl groups excluding tert-OH is 2. The topological polar surface area (TPSA) is 154 Å². The third kappa shape index (κ3) is 23.0. The monoisotopic (exact) mass is 659 g/mol. The van der Waals surface area contributed by atoms with Gasteiger partial charge in [0, 0.05) is 51.4 Å². The van der Waals surface area contributed by atoms with E-state index in [1.54, 1.807) is 39.0 Å². The summed E-state index contributed by atoms with van der Waals surface area (Å²) in [4.78, 5) is 16.6. The largest absolute Gasteiger partial charge is 2.00 e. The van der Waals surface area contributed by atoms with E-state index in [1.165, 1.54) is 10.3 Å². The number of benzene rings is 2. The molecule has 0 unspecified atom stereocenters. The van der Waals surface area contributed by atoms with E-state index in [4.69, 9.17) is 30.5 Å². The summed E-state index contributed by atoms with van der Waals surface area (Å²) < 4.78 is 10.1. The normalized spacial score (nSPS) is 8.51. The third-order valence-electron chi connectivity index (χ3n) is 4.28. The Morgan fingerprint density at radius 2 is 0.860 bits per heavy atom. The van der Waals surface area contributed by atoms with Crippen LogP contribution < -0.4 is 9.47 Å². The Kier molecular flexibility index (Phi) is 32.4. The van der Waals surface area contributed by atoms with Gasteiger partial charge in [-0.2, -0.15) is 10.3 Å². The zero-order valence-corrected chi connectivity index (χ0v) is 26.8. The number of methoxy groups -OCH3 is 2. The smallest absolute Gasteiger partial charge is 0.753 e. The number of aliphatic imine (C=N–C) groups is 2. The van der Waals surface area contributed by atoms with Crippen LogP contribution in [0.25, 0.3) is 10.8 Å². The summed E-state index contributed by atoms with van der Waals surface area (Å²) in [5.74, 6) is 1.67. The Bertz CT molecular complexity index is 1210. The molecule has 0 atom stereocenters. The van der Waals surface area contributed by atoms with Gasteiger partial charge in [0.05, 0.1) is 25.6 Å². The number of isothiocyanates is 2. The molecule has 43 heavy (non-hydrogen) atoms. The minimum atomic E-state index is 0. The molecular formula is C30H32MnN6O4S2. The molecule has 4 aromatic rings. The summed E-state index contributed by atoms with van der Waals surface area (Å²) in [5, 5.41) is 30.9. The molecule has 10 nitrogen and oxygen atoms in total. The maximum Gasteiger partial charge on any atom is 2.00 e. The van der Waals surface area contributed by atoms with Crippen LogP contribution in [-0.2, 0) is 17.1 Å². The minimum Gasteiger partial charge on any atom is -0.753 e. The van der Waals surface area contributed by atoms with Gasteiger partial charge in [-0.25, -0.2) is 0 Å². The molecule has 2 aromatic carbocycles. The van der Waals surface area contributed by atoms with Crippen molar-refractivity contribution in [2.45, 2.75) is 0 Å². The van der Waals surface area contributed by atoms with Crippen molar-refractivity contribution in [2.24, 2.45) is 9.98 Å². The van der Waals surface area contributed by atoms with Gasteiger partial charge in [-0.05, 0) is 83.9 Å². The summed E-state index contributed by atoms with van der Waals surface area (Å²) >= 11 is 7.40. The van der Waals surface area contributed by atoms with Crippen molar-refractivity contribution in [3.63, 3.8) is 0 Å². The van der Waals surface area contributed by atoms with E-state index in [2.05, 4.69) is 44.4 Å². The van der Waals surface area contributed by atoms with Gasteiger partial charge in [-0.15, -0.1) is 0 Å². The van der Waals surface area contributed by atoms with Crippen LogP contribution in [0.5, 0.6) is 11.5 Å². The van der Waals surface area contributed by atoms with Crippen molar-refractivity contribution < 1.29 is 36.8 Å². The number of hydrogen-bond acceptors (Lipinski definition) is 10. The number of aliphatic hydroxyl groups is 2.